The van der Waals surface area contributed by atoms with Crippen molar-refractivity contribution in [2.75, 3.05) is 6.61 Å². The lowest BCUT2D eigenvalue weighted by atomic mass is 10.4. The second-order valence-electron chi connectivity index (χ2n) is 2.53. The summed E-state index contributed by atoms with van der Waals surface area (Å²) < 4.78 is 42.0. The lowest BCUT2D eigenvalue weighted by molar-refractivity contribution is -0.141. The zero-order chi connectivity index (χ0) is 12.3. The van der Waals surface area contributed by atoms with Crippen LogP contribution in [0, 0.1) is 0 Å². The number of rotatable bonds is 4. The SMILES string of the molecule is C=CCOc1nc(C(F)(F)F)c(C(=O)Cl)s1. The van der Waals surface area contributed by atoms with Gasteiger partial charge in [-0.2, -0.15) is 18.2 Å². The Labute approximate surface area is 97.5 Å². The van der Waals surface area contributed by atoms with Crippen LogP contribution in [0.15, 0.2) is 12.7 Å². The summed E-state index contributed by atoms with van der Waals surface area (Å²) in [5, 5.41) is -1.48. The highest BCUT2D eigenvalue weighted by atomic mass is 35.5. The molecule has 0 fully saturated rings. The molecule has 1 aromatic heterocycles. The molecule has 1 rings (SSSR count). The van der Waals surface area contributed by atoms with Crippen LogP contribution >= 0.6 is 22.9 Å². The van der Waals surface area contributed by atoms with Gasteiger partial charge in [0.2, 0.25) is 0 Å². The van der Waals surface area contributed by atoms with Crippen LogP contribution in [0.4, 0.5) is 13.2 Å². The number of ether oxygens (including phenoxy) is 1. The van der Waals surface area contributed by atoms with E-state index in [0.717, 1.165) is 0 Å². The van der Waals surface area contributed by atoms with E-state index < -0.39 is 22.0 Å². The van der Waals surface area contributed by atoms with Crippen LogP contribution in [0.5, 0.6) is 5.19 Å². The van der Waals surface area contributed by atoms with E-state index in [-0.39, 0.29) is 11.8 Å². The van der Waals surface area contributed by atoms with Gasteiger partial charge in [0.15, 0.2) is 5.69 Å². The van der Waals surface area contributed by atoms with Crippen LogP contribution in [0.1, 0.15) is 15.4 Å². The predicted octanol–water partition coefficient (Wildman–Crippen LogP) is 3.11. The van der Waals surface area contributed by atoms with Crippen molar-refractivity contribution in [3.63, 3.8) is 0 Å². The van der Waals surface area contributed by atoms with E-state index in [2.05, 4.69) is 11.6 Å². The standard InChI is InChI=1S/C8H5ClF3NO2S/c1-2-3-15-7-13-5(8(10,11)12)4(16-7)6(9)14/h2H,1,3H2. The molecular weight excluding hydrogens is 267 g/mol. The Morgan fingerprint density at radius 3 is 2.62 bits per heavy atom. The summed E-state index contributed by atoms with van der Waals surface area (Å²) in [5.41, 5.74) is -1.32. The highest BCUT2D eigenvalue weighted by Crippen LogP contribution is 2.37. The summed E-state index contributed by atoms with van der Waals surface area (Å²) >= 11 is 5.47. The minimum absolute atomic E-state index is 0.000721. The van der Waals surface area contributed by atoms with Crippen LogP contribution in [-0.2, 0) is 6.18 Å². The monoisotopic (exact) mass is 271 g/mol. The van der Waals surface area contributed by atoms with Crippen LogP contribution in [0.3, 0.4) is 0 Å². The first-order chi connectivity index (χ1) is 7.36. The molecule has 1 aromatic rings. The molecule has 1 heterocycles. The minimum atomic E-state index is -4.73. The molecule has 0 bridgehead atoms. The number of thiazole rings is 1. The van der Waals surface area contributed by atoms with Gasteiger partial charge in [-0.15, -0.1) is 0 Å². The Hall–Kier alpha value is -1.08. The third kappa shape index (κ3) is 2.96. The van der Waals surface area contributed by atoms with Crippen molar-refractivity contribution in [2.24, 2.45) is 0 Å². The molecule has 0 spiro atoms. The maximum absolute atomic E-state index is 12.4. The third-order valence-corrected chi connectivity index (χ3v) is 2.65. The van der Waals surface area contributed by atoms with Crippen LogP contribution in [0.25, 0.3) is 0 Å². The normalized spacial score (nSPS) is 11.2. The fraction of sp³-hybridized carbons (Fsp3) is 0.250. The van der Waals surface area contributed by atoms with Crippen LogP contribution in [0.2, 0.25) is 0 Å². The largest absolute Gasteiger partial charge is 0.466 e. The first kappa shape index (κ1) is 13.0. The van der Waals surface area contributed by atoms with Crippen molar-refractivity contribution >= 4 is 28.2 Å². The average molecular weight is 272 g/mol. The van der Waals surface area contributed by atoms with Gasteiger partial charge in [-0.1, -0.05) is 24.0 Å². The molecule has 0 aromatic carbocycles. The zero-order valence-electron chi connectivity index (χ0n) is 7.68. The molecular formula is C8H5ClF3NO2S. The number of hydrogen-bond donors (Lipinski definition) is 0. The van der Waals surface area contributed by atoms with Crippen molar-refractivity contribution in [1.82, 2.24) is 4.98 Å². The molecule has 0 saturated carbocycles. The van der Waals surface area contributed by atoms with Gasteiger partial charge in [-0.3, -0.25) is 4.79 Å². The van der Waals surface area contributed by atoms with Crippen molar-refractivity contribution in [1.29, 1.82) is 0 Å². The van der Waals surface area contributed by atoms with Gasteiger partial charge in [0.1, 0.15) is 11.5 Å². The van der Waals surface area contributed by atoms with Gasteiger partial charge >= 0.3 is 6.18 Å². The first-order valence-electron chi connectivity index (χ1n) is 3.87. The average Bonchev–Trinajstić information content (AvgIpc) is 2.58. The van der Waals surface area contributed by atoms with Crippen LogP contribution < -0.4 is 4.74 Å². The Morgan fingerprint density at radius 2 is 2.25 bits per heavy atom. The molecule has 3 nitrogen and oxygen atoms in total. The summed E-state index contributed by atoms with van der Waals surface area (Å²) in [4.78, 5) is 13.2. The topological polar surface area (TPSA) is 39.2 Å². The molecule has 0 atom stereocenters. The van der Waals surface area contributed by atoms with Gasteiger partial charge in [-0.05, 0) is 11.6 Å². The van der Waals surface area contributed by atoms with Crippen molar-refractivity contribution in [2.45, 2.75) is 6.18 Å². The molecule has 0 N–H and O–H groups in total. The van der Waals surface area contributed by atoms with Gasteiger partial charge < -0.3 is 4.74 Å². The molecule has 0 unspecified atom stereocenters. The molecule has 0 aliphatic heterocycles. The second-order valence-corrected chi connectivity index (χ2v) is 3.83. The highest BCUT2D eigenvalue weighted by Gasteiger charge is 2.39. The summed E-state index contributed by atoms with van der Waals surface area (Å²) in [6.45, 7) is 3.33. The molecule has 0 amide bonds. The summed E-state index contributed by atoms with van der Waals surface area (Å²) in [5.74, 6) is 0. The van der Waals surface area contributed by atoms with Gasteiger partial charge in [0, 0.05) is 0 Å². The molecule has 0 saturated heterocycles. The number of nitrogens with zero attached hydrogens (tertiary/aromatic N) is 1. The Kier molecular flexibility index (Phi) is 3.93. The fourth-order valence-electron chi connectivity index (χ4n) is 0.818. The Bertz CT molecular complexity index is 416. The zero-order valence-corrected chi connectivity index (χ0v) is 9.25. The molecule has 88 valence electrons. The predicted molar refractivity (Wildman–Crippen MR) is 53.0 cm³/mol. The van der Waals surface area contributed by atoms with E-state index in [4.69, 9.17) is 16.3 Å². The quantitative estimate of drug-likeness (QED) is 0.624. The second kappa shape index (κ2) is 4.84. The smallest absolute Gasteiger partial charge is 0.435 e. The molecule has 0 aliphatic carbocycles. The lowest BCUT2D eigenvalue weighted by Gasteiger charge is -2.02. The summed E-state index contributed by atoms with van der Waals surface area (Å²) in [7, 11) is 0. The van der Waals surface area contributed by atoms with Crippen molar-refractivity contribution in [3.05, 3.63) is 23.2 Å². The maximum Gasteiger partial charge on any atom is 0.435 e. The number of carbonyl (C=O) groups is 1. The maximum atomic E-state index is 12.4. The summed E-state index contributed by atoms with van der Waals surface area (Å²) in [6.07, 6.45) is -3.39. The molecule has 8 heteroatoms. The molecule has 16 heavy (non-hydrogen) atoms. The molecule has 0 radical (unpaired) electrons. The minimum Gasteiger partial charge on any atom is -0.466 e. The van der Waals surface area contributed by atoms with E-state index in [1.165, 1.54) is 6.08 Å². The van der Waals surface area contributed by atoms with E-state index in [1.54, 1.807) is 0 Å². The third-order valence-electron chi connectivity index (χ3n) is 1.38. The first-order valence-corrected chi connectivity index (χ1v) is 5.07. The molecule has 0 aliphatic rings. The van der Waals surface area contributed by atoms with E-state index >= 15 is 0 Å². The van der Waals surface area contributed by atoms with E-state index in [9.17, 15) is 18.0 Å². The van der Waals surface area contributed by atoms with Crippen molar-refractivity contribution in [3.8, 4) is 5.19 Å². The number of aromatic nitrogens is 1. The highest BCUT2D eigenvalue weighted by molar-refractivity contribution is 7.17. The number of carbonyl (C=O) groups excluding carboxylic acids is 1. The summed E-state index contributed by atoms with van der Waals surface area (Å²) in [6, 6.07) is 0. The lowest BCUT2D eigenvalue weighted by Crippen LogP contribution is -2.09. The van der Waals surface area contributed by atoms with Crippen LogP contribution in [-0.4, -0.2) is 16.8 Å². The number of alkyl halides is 3. The van der Waals surface area contributed by atoms with Crippen molar-refractivity contribution < 1.29 is 22.7 Å². The number of hydrogen-bond acceptors (Lipinski definition) is 4. The Morgan fingerprint density at radius 1 is 1.62 bits per heavy atom. The van der Waals surface area contributed by atoms with E-state index in [0.29, 0.717) is 11.3 Å². The van der Waals surface area contributed by atoms with Gasteiger partial charge in [0.05, 0.1) is 0 Å². The fourth-order valence-corrected chi connectivity index (χ4v) is 1.80. The number of halogens is 4. The Balaban J connectivity index is 3.10. The van der Waals surface area contributed by atoms with E-state index in [1.807, 2.05) is 0 Å². The van der Waals surface area contributed by atoms with Gasteiger partial charge in [0.25, 0.3) is 10.4 Å². The van der Waals surface area contributed by atoms with Gasteiger partial charge in [-0.25, -0.2) is 0 Å².